The summed E-state index contributed by atoms with van der Waals surface area (Å²) >= 11 is 6.09. The van der Waals surface area contributed by atoms with E-state index in [0.717, 1.165) is 10.6 Å². The highest BCUT2D eigenvalue weighted by Gasteiger charge is 2.21. The number of nitrogens with one attached hydrogen (secondary N) is 1. The molecular formula is C20H25ClN2O6S. The molecule has 2 aromatic rings. The minimum atomic E-state index is -3.36. The van der Waals surface area contributed by atoms with Gasteiger partial charge in [0.1, 0.15) is 17.2 Å². The number of carbonyl (C=O) groups excluding carboxylic acids is 1. The quantitative estimate of drug-likeness (QED) is 0.620. The van der Waals surface area contributed by atoms with Crippen molar-refractivity contribution in [2.24, 2.45) is 0 Å². The first kappa shape index (κ1) is 23.6. The zero-order valence-electron chi connectivity index (χ0n) is 17.4. The lowest BCUT2D eigenvalue weighted by atomic mass is 10.2. The van der Waals surface area contributed by atoms with E-state index in [-0.39, 0.29) is 5.91 Å². The van der Waals surface area contributed by atoms with Gasteiger partial charge in [-0.1, -0.05) is 18.5 Å². The van der Waals surface area contributed by atoms with E-state index in [2.05, 4.69) is 5.32 Å². The second kappa shape index (κ2) is 9.90. The lowest BCUT2D eigenvalue weighted by Crippen LogP contribution is -2.32. The first-order chi connectivity index (χ1) is 14.1. The summed E-state index contributed by atoms with van der Waals surface area (Å²) < 4.78 is 40.7. The molecule has 2 aromatic carbocycles. The molecule has 1 amide bonds. The smallest absolute Gasteiger partial charge is 0.265 e. The van der Waals surface area contributed by atoms with Crippen molar-refractivity contribution in [1.29, 1.82) is 0 Å². The predicted molar refractivity (Wildman–Crippen MR) is 118 cm³/mol. The van der Waals surface area contributed by atoms with Crippen molar-refractivity contribution in [1.82, 2.24) is 0 Å². The molecule has 0 fully saturated rings. The Morgan fingerprint density at radius 2 is 1.73 bits per heavy atom. The van der Waals surface area contributed by atoms with Crippen LogP contribution in [0, 0.1) is 0 Å². The molecule has 10 heteroatoms. The van der Waals surface area contributed by atoms with Gasteiger partial charge in [0.05, 0.1) is 36.9 Å². The van der Waals surface area contributed by atoms with Crippen LogP contribution >= 0.6 is 11.6 Å². The van der Waals surface area contributed by atoms with Crippen LogP contribution in [0.1, 0.15) is 13.3 Å². The van der Waals surface area contributed by atoms with Crippen LogP contribution in [-0.2, 0) is 14.8 Å². The molecule has 2 rings (SSSR count). The Bertz CT molecular complexity index is 995. The van der Waals surface area contributed by atoms with Crippen molar-refractivity contribution >= 4 is 38.9 Å². The van der Waals surface area contributed by atoms with Crippen LogP contribution < -0.4 is 23.8 Å². The molecule has 30 heavy (non-hydrogen) atoms. The van der Waals surface area contributed by atoms with E-state index in [9.17, 15) is 13.2 Å². The molecule has 0 heterocycles. The number of nitrogens with zero attached hydrogens (tertiary/aromatic N) is 1. The first-order valence-corrected chi connectivity index (χ1v) is 11.3. The third-order valence-electron chi connectivity index (χ3n) is 4.37. The van der Waals surface area contributed by atoms with E-state index >= 15 is 0 Å². The number of hydrogen-bond donors (Lipinski definition) is 1. The Morgan fingerprint density at radius 1 is 1.13 bits per heavy atom. The Morgan fingerprint density at radius 3 is 2.23 bits per heavy atom. The van der Waals surface area contributed by atoms with Gasteiger partial charge in [-0.05, 0) is 30.7 Å². The summed E-state index contributed by atoms with van der Waals surface area (Å²) in [6.45, 7) is 1.82. The van der Waals surface area contributed by atoms with Gasteiger partial charge in [-0.15, -0.1) is 0 Å². The number of carbonyl (C=O) groups is 1. The second-order valence-electron chi connectivity index (χ2n) is 6.42. The fourth-order valence-corrected chi connectivity index (χ4v) is 3.32. The Kier molecular flexibility index (Phi) is 7.80. The lowest BCUT2D eigenvalue weighted by molar-refractivity contribution is -0.122. The van der Waals surface area contributed by atoms with Crippen LogP contribution in [0.5, 0.6) is 17.2 Å². The van der Waals surface area contributed by atoms with Gasteiger partial charge in [0.25, 0.3) is 5.91 Å². The summed E-state index contributed by atoms with van der Waals surface area (Å²) in [5.41, 5.74) is 0.885. The third-order valence-corrected chi connectivity index (χ3v) is 5.87. The molecule has 0 aromatic heterocycles. The molecule has 0 aliphatic carbocycles. The topological polar surface area (TPSA) is 94.2 Å². The summed E-state index contributed by atoms with van der Waals surface area (Å²) in [6.07, 6.45) is 0.744. The standard InChI is InChI=1S/C20H25ClN2O6S/c1-6-17(29-14-9-7-13(8-10-14)23(2)30(5,25)26)20(24)22-16-12-18(27-3)15(21)11-19(16)28-4/h7-12,17H,6H2,1-5H3,(H,22,24)/t17-/m0/s1. The number of halogens is 1. The Hall–Kier alpha value is -2.65. The maximum absolute atomic E-state index is 12.8. The molecular weight excluding hydrogens is 432 g/mol. The van der Waals surface area contributed by atoms with Crippen molar-refractivity contribution in [3.8, 4) is 17.2 Å². The van der Waals surface area contributed by atoms with E-state index < -0.39 is 16.1 Å². The SMILES string of the molecule is CC[C@H](Oc1ccc(N(C)S(C)(=O)=O)cc1)C(=O)Nc1cc(OC)c(Cl)cc1OC. The molecule has 0 saturated carbocycles. The number of hydrogen-bond acceptors (Lipinski definition) is 6. The van der Waals surface area contributed by atoms with Crippen LogP contribution in [-0.4, -0.2) is 48.0 Å². The number of rotatable bonds is 9. The minimum Gasteiger partial charge on any atom is -0.495 e. The molecule has 0 aliphatic rings. The predicted octanol–water partition coefficient (Wildman–Crippen LogP) is 3.55. The van der Waals surface area contributed by atoms with Gasteiger partial charge in [-0.2, -0.15) is 0 Å². The zero-order chi connectivity index (χ0) is 22.5. The lowest BCUT2D eigenvalue weighted by Gasteiger charge is -2.20. The van der Waals surface area contributed by atoms with Crippen LogP contribution in [0.25, 0.3) is 0 Å². The first-order valence-electron chi connectivity index (χ1n) is 9.03. The van der Waals surface area contributed by atoms with Crippen LogP contribution in [0.3, 0.4) is 0 Å². The number of anilines is 2. The average Bonchev–Trinajstić information content (AvgIpc) is 2.71. The van der Waals surface area contributed by atoms with Crippen molar-refractivity contribution in [3.05, 3.63) is 41.4 Å². The van der Waals surface area contributed by atoms with Crippen molar-refractivity contribution < 1.29 is 27.4 Å². The highest BCUT2D eigenvalue weighted by molar-refractivity contribution is 7.92. The molecule has 0 spiro atoms. The highest BCUT2D eigenvalue weighted by atomic mass is 35.5. The van der Waals surface area contributed by atoms with E-state index in [4.69, 9.17) is 25.8 Å². The molecule has 0 saturated heterocycles. The van der Waals surface area contributed by atoms with E-state index in [1.54, 1.807) is 36.4 Å². The molecule has 0 bridgehead atoms. The zero-order valence-corrected chi connectivity index (χ0v) is 19.0. The van der Waals surface area contributed by atoms with E-state index in [0.29, 0.717) is 40.1 Å². The maximum atomic E-state index is 12.8. The molecule has 164 valence electrons. The number of sulfonamides is 1. The fourth-order valence-electron chi connectivity index (χ4n) is 2.58. The number of amides is 1. The molecule has 0 radical (unpaired) electrons. The van der Waals surface area contributed by atoms with Crippen LogP contribution in [0.4, 0.5) is 11.4 Å². The monoisotopic (exact) mass is 456 g/mol. The molecule has 1 N–H and O–H groups in total. The van der Waals surface area contributed by atoms with Gasteiger partial charge >= 0.3 is 0 Å². The second-order valence-corrected chi connectivity index (χ2v) is 8.84. The Balaban J connectivity index is 2.16. The van der Waals surface area contributed by atoms with Crippen LogP contribution in [0.15, 0.2) is 36.4 Å². The highest BCUT2D eigenvalue weighted by Crippen LogP contribution is 2.36. The third kappa shape index (κ3) is 5.70. The number of ether oxygens (including phenoxy) is 3. The molecule has 0 aliphatic heterocycles. The molecule has 8 nitrogen and oxygen atoms in total. The largest absolute Gasteiger partial charge is 0.495 e. The average molecular weight is 457 g/mol. The minimum absolute atomic E-state index is 0.356. The summed E-state index contributed by atoms with van der Waals surface area (Å²) in [4.78, 5) is 12.8. The van der Waals surface area contributed by atoms with E-state index in [1.165, 1.54) is 21.3 Å². The van der Waals surface area contributed by atoms with E-state index in [1.807, 2.05) is 6.92 Å². The van der Waals surface area contributed by atoms with Gasteiger partial charge < -0.3 is 19.5 Å². The van der Waals surface area contributed by atoms with Gasteiger partial charge in [0.15, 0.2) is 6.10 Å². The van der Waals surface area contributed by atoms with Gasteiger partial charge in [0, 0.05) is 19.2 Å². The van der Waals surface area contributed by atoms with Gasteiger partial charge in [-0.3, -0.25) is 9.10 Å². The number of methoxy groups -OCH3 is 2. The fraction of sp³-hybridized carbons (Fsp3) is 0.350. The van der Waals surface area contributed by atoms with Crippen molar-refractivity contribution in [2.75, 3.05) is 37.1 Å². The Labute approximate surface area is 181 Å². The summed E-state index contributed by atoms with van der Waals surface area (Å²) in [5, 5.41) is 3.13. The van der Waals surface area contributed by atoms with Crippen LogP contribution in [0.2, 0.25) is 5.02 Å². The summed E-state index contributed by atoms with van der Waals surface area (Å²) in [7, 11) is 1.04. The summed E-state index contributed by atoms with van der Waals surface area (Å²) in [5.74, 6) is 0.838. The van der Waals surface area contributed by atoms with Gasteiger partial charge in [-0.25, -0.2) is 8.42 Å². The van der Waals surface area contributed by atoms with Crippen molar-refractivity contribution in [3.63, 3.8) is 0 Å². The summed E-state index contributed by atoms with van der Waals surface area (Å²) in [6, 6.07) is 9.55. The van der Waals surface area contributed by atoms with Crippen molar-refractivity contribution in [2.45, 2.75) is 19.4 Å². The molecule has 1 atom stereocenters. The normalized spacial score (nSPS) is 12.1. The maximum Gasteiger partial charge on any atom is 0.265 e. The number of benzene rings is 2. The molecule has 0 unspecified atom stereocenters. The van der Waals surface area contributed by atoms with Gasteiger partial charge in [0.2, 0.25) is 10.0 Å².